The average molecular weight is 468 g/mol. The number of hydrogen-bond donors (Lipinski definition) is 3. The van der Waals surface area contributed by atoms with E-state index in [1.54, 1.807) is 18.4 Å². The Morgan fingerprint density at radius 2 is 2.33 bits per heavy atom. The molecule has 3 N–H and O–H groups in total. The Balaban J connectivity index is 0.00000288. The molecule has 8 heteroatoms. The van der Waals surface area contributed by atoms with E-state index >= 15 is 0 Å². The van der Waals surface area contributed by atoms with Crippen molar-refractivity contribution >= 4 is 41.3 Å². The second kappa shape index (κ2) is 11.2. The number of aliphatic imine (C=N–C) groups is 1. The molecule has 0 aliphatic carbocycles. The number of aryl methyl sites for hydroxylation is 1. The maximum Gasteiger partial charge on any atom is 0.191 e. The number of nitrogens with one attached hydrogen (secondary N) is 2. The molecule has 0 amide bonds. The minimum absolute atomic E-state index is 0. The fourth-order valence-corrected chi connectivity index (χ4v) is 3.52. The van der Waals surface area contributed by atoms with Gasteiger partial charge >= 0.3 is 0 Å². The van der Waals surface area contributed by atoms with Gasteiger partial charge in [0.15, 0.2) is 5.96 Å². The Hall–Kier alpha value is -0.450. The SMILES string of the molecule is CCc1nc(CCNC(=NC)NCC2(CCO)CCOC2)cs1.I. The van der Waals surface area contributed by atoms with Crippen molar-refractivity contribution in [1.29, 1.82) is 0 Å². The first kappa shape index (κ1) is 21.6. The van der Waals surface area contributed by atoms with Crippen molar-refractivity contribution in [1.82, 2.24) is 15.6 Å². The minimum Gasteiger partial charge on any atom is -0.396 e. The van der Waals surface area contributed by atoms with Crippen molar-refractivity contribution in [2.45, 2.75) is 32.6 Å². The lowest BCUT2D eigenvalue weighted by atomic mass is 9.84. The first-order chi connectivity index (χ1) is 11.2. The van der Waals surface area contributed by atoms with Gasteiger partial charge in [0.25, 0.3) is 0 Å². The molecule has 1 aliphatic rings. The van der Waals surface area contributed by atoms with Crippen molar-refractivity contribution in [3.05, 3.63) is 16.1 Å². The highest BCUT2D eigenvalue weighted by Crippen LogP contribution is 2.31. The number of hydrogen-bond acceptors (Lipinski definition) is 5. The smallest absolute Gasteiger partial charge is 0.191 e. The second-order valence-corrected chi connectivity index (χ2v) is 6.91. The quantitative estimate of drug-likeness (QED) is 0.308. The molecule has 1 aromatic rings. The molecule has 0 bridgehead atoms. The normalized spacial score (nSPS) is 20.7. The highest BCUT2D eigenvalue weighted by Gasteiger charge is 2.34. The molecule has 1 unspecified atom stereocenters. The molecule has 0 spiro atoms. The van der Waals surface area contributed by atoms with Gasteiger partial charge in [0, 0.05) is 50.6 Å². The first-order valence-electron chi connectivity index (χ1n) is 8.28. The molecule has 2 heterocycles. The number of rotatable bonds is 8. The largest absolute Gasteiger partial charge is 0.396 e. The van der Waals surface area contributed by atoms with E-state index in [0.29, 0.717) is 6.61 Å². The number of nitrogens with zero attached hydrogens (tertiary/aromatic N) is 2. The molecular formula is C16H29IN4O2S. The molecule has 0 saturated carbocycles. The number of aromatic nitrogens is 1. The van der Waals surface area contributed by atoms with Crippen molar-refractivity contribution < 1.29 is 9.84 Å². The van der Waals surface area contributed by atoms with Crippen LogP contribution < -0.4 is 10.6 Å². The third-order valence-electron chi connectivity index (χ3n) is 4.26. The lowest BCUT2D eigenvalue weighted by molar-refractivity contribution is 0.127. The zero-order valence-corrected chi connectivity index (χ0v) is 17.7. The topological polar surface area (TPSA) is 78.8 Å². The van der Waals surface area contributed by atoms with Crippen LogP contribution in [-0.4, -0.2) is 56.0 Å². The summed E-state index contributed by atoms with van der Waals surface area (Å²) in [7, 11) is 1.78. The summed E-state index contributed by atoms with van der Waals surface area (Å²) in [5, 5.41) is 19.3. The third kappa shape index (κ3) is 6.45. The molecule has 138 valence electrons. The molecule has 1 aromatic heterocycles. The van der Waals surface area contributed by atoms with Gasteiger partial charge in [-0.15, -0.1) is 35.3 Å². The van der Waals surface area contributed by atoms with Gasteiger partial charge in [-0.05, 0) is 19.3 Å². The fourth-order valence-electron chi connectivity index (χ4n) is 2.74. The van der Waals surface area contributed by atoms with Crippen LogP contribution >= 0.6 is 35.3 Å². The molecule has 1 atom stereocenters. The van der Waals surface area contributed by atoms with Gasteiger partial charge in [-0.3, -0.25) is 4.99 Å². The highest BCUT2D eigenvalue weighted by molar-refractivity contribution is 14.0. The second-order valence-electron chi connectivity index (χ2n) is 5.96. The van der Waals surface area contributed by atoms with Gasteiger partial charge in [-0.25, -0.2) is 4.98 Å². The van der Waals surface area contributed by atoms with Gasteiger partial charge < -0.3 is 20.5 Å². The van der Waals surface area contributed by atoms with E-state index in [-0.39, 0.29) is 36.0 Å². The monoisotopic (exact) mass is 468 g/mol. The van der Waals surface area contributed by atoms with Crippen LogP contribution in [0.3, 0.4) is 0 Å². The number of halogens is 1. The number of aliphatic hydroxyl groups is 1. The predicted octanol–water partition coefficient (Wildman–Crippen LogP) is 1.82. The molecule has 1 aliphatic heterocycles. The minimum atomic E-state index is 0. The number of thiazole rings is 1. The summed E-state index contributed by atoms with van der Waals surface area (Å²) < 4.78 is 5.51. The summed E-state index contributed by atoms with van der Waals surface area (Å²) in [6, 6.07) is 0. The van der Waals surface area contributed by atoms with Gasteiger partial charge in [0.1, 0.15) is 0 Å². The zero-order chi connectivity index (χ0) is 16.5. The summed E-state index contributed by atoms with van der Waals surface area (Å²) in [5.74, 6) is 0.792. The Morgan fingerprint density at radius 3 is 2.92 bits per heavy atom. The van der Waals surface area contributed by atoms with Crippen LogP contribution in [0.15, 0.2) is 10.4 Å². The summed E-state index contributed by atoms with van der Waals surface area (Å²) in [4.78, 5) is 8.84. The van der Waals surface area contributed by atoms with Crippen LogP contribution in [0.25, 0.3) is 0 Å². The van der Waals surface area contributed by atoms with Crippen LogP contribution in [0.1, 0.15) is 30.5 Å². The van der Waals surface area contributed by atoms with Crippen LogP contribution in [0.2, 0.25) is 0 Å². The number of ether oxygens (including phenoxy) is 1. The molecule has 0 radical (unpaired) electrons. The predicted molar refractivity (Wildman–Crippen MR) is 110 cm³/mol. The van der Waals surface area contributed by atoms with Gasteiger partial charge in [0.05, 0.1) is 17.3 Å². The van der Waals surface area contributed by atoms with Crippen molar-refractivity contribution in [2.75, 3.05) is 40.0 Å². The molecular weight excluding hydrogens is 439 g/mol. The Kier molecular flexibility index (Phi) is 10.1. The third-order valence-corrected chi connectivity index (χ3v) is 5.30. The maximum absolute atomic E-state index is 9.27. The molecule has 6 nitrogen and oxygen atoms in total. The summed E-state index contributed by atoms with van der Waals surface area (Å²) in [6.07, 6.45) is 3.63. The lowest BCUT2D eigenvalue weighted by Gasteiger charge is -2.27. The molecule has 2 rings (SSSR count). The molecule has 1 saturated heterocycles. The van der Waals surface area contributed by atoms with Crippen molar-refractivity contribution in [3.63, 3.8) is 0 Å². The van der Waals surface area contributed by atoms with Crippen LogP contribution in [-0.2, 0) is 17.6 Å². The van der Waals surface area contributed by atoms with Gasteiger partial charge in [-0.2, -0.15) is 0 Å². The Morgan fingerprint density at radius 1 is 1.50 bits per heavy atom. The van der Waals surface area contributed by atoms with E-state index in [4.69, 9.17) is 4.74 Å². The number of aliphatic hydroxyl groups excluding tert-OH is 1. The lowest BCUT2D eigenvalue weighted by Crippen LogP contribution is -2.45. The Bertz CT molecular complexity index is 504. The van der Waals surface area contributed by atoms with Crippen LogP contribution in [0, 0.1) is 5.41 Å². The van der Waals surface area contributed by atoms with Gasteiger partial charge in [-0.1, -0.05) is 6.92 Å². The van der Waals surface area contributed by atoms with E-state index in [2.05, 4.69) is 32.9 Å². The van der Waals surface area contributed by atoms with E-state index in [0.717, 1.165) is 57.0 Å². The zero-order valence-electron chi connectivity index (χ0n) is 14.5. The standard InChI is InChI=1S/C16H28N4O2S.HI/c1-3-14-20-13(10-23-14)4-7-18-15(17-2)19-11-16(5-8-21)6-9-22-12-16;/h10,21H,3-9,11-12H2,1-2H3,(H2,17,18,19);1H. The molecule has 1 fully saturated rings. The fraction of sp³-hybridized carbons (Fsp3) is 0.750. The van der Waals surface area contributed by atoms with Crippen LogP contribution in [0.4, 0.5) is 0 Å². The summed E-state index contributed by atoms with van der Waals surface area (Å²) >= 11 is 1.72. The average Bonchev–Trinajstić information content (AvgIpc) is 3.21. The van der Waals surface area contributed by atoms with E-state index in [1.165, 1.54) is 5.01 Å². The van der Waals surface area contributed by atoms with Crippen LogP contribution in [0.5, 0.6) is 0 Å². The van der Waals surface area contributed by atoms with E-state index in [9.17, 15) is 5.11 Å². The molecule has 0 aromatic carbocycles. The Labute approximate surface area is 165 Å². The van der Waals surface area contributed by atoms with Crippen molar-refractivity contribution in [2.24, 2.45) is 10.4 Å². The van der Waals surface area contributed by atoms with Crippen molar-refractivity contribution in [3.8, 4) is 0 Å². The van der Waals surface area contributed by atoms with E-state index in [1.807, 2.05) is 0 Å². The summed E-state index contributed by atoms with van der Waals surface area (Å²) in [5.41, 5.74) is 1.16. The first-order valence-corrected chi connectivity index (χ1v) is 9.16. The summed E-state index contributed by atoms with van der Waals surface area (Å²) in [6.45, 7) is 5.37. The highest BCUT2D eigenvalue weighted by atomic mass is 127. The maximum atomic E-state index is 9.27. The van der Waals surface area contributed by atoms with Gasteiger partial charge in [0.2, 0.25) is 0 Å². The molecule has 24 heavy (non-hydrogen) atoms. The van der Waals surface area contributed by atoms with E-state index < -0.39 is 0 Å². The number of guanidine groups is 1.